The summed E-state index contributed by atoms with van der Waals surface area (Å²) in [5.41, 5.74) is 1.51. The number of hydrogen-bond donors (Lipinski definition) is 1. The Morgan fingerprint density at radius 1 is 1.12 bits per heavy atom. The summed E-state index contributed by atoms with van der Waals surface area (Å²) in [6, 6.07) is 12.7. The summed E-state index contributed by atoms with van der Waals surface area (Å²) in [6.07, 6.45) is 4.77. The highest BCUT2D eigenvalue weighted by atomic mass is 32.1. The zero-order valence-electron chi connectivity index (χ0n) is 21.0. The molecule has 0 spiro atoms. The quantitative estimate of drug-likeness (QED) is 0.510. The maximum Gasteiger partial charge on any atom is 0.254 e. The Labute approximate surface area is 208 Å². The fourth-order valence-corrected chi connectivity index (χ4v) is 6.62. The fraction of sp³-hybridized carbons (Fsp3) is 0.571. The highest BCUT2D eigenvalue weighted by Gasteiger charge is 2.44. The number of nitrogens with zero attached hydrogens (tertiary/aromatic N) is 2. The van der Waals surface area contributed by atoms with Gasteiger partial charge in [0.05, 0.1) is 12.0 Å². The van der Waals surface area contributed by atoms with Crippen molar-refractivity contribution in [3.05, 3.63) is 57.8 Å². The van der Waals surface area contributed by atoms with Crippen LogP contribution in [0.3, 0.4) is 0 Å². The Kier molecular flexibility index (Phi) is 8.10. The average molecular weight is 482 g/mol. The van der Waals surface area contributed by atoms with Crippen molar-refractivity contribution in [2.45, 2.75) is 77.4 Å². The van der Waals surface area contributed by atoms with Crippen molar-refractivity contribution < 1.29 is 9.59 Å². The van der Waals surface area contributed by atoms with Crippen LogP contribution >= 0.6 is 11.3 Å². The molecule has 5 nitrogen and oxygen atoms in total. The molecule has 2 aliphatic rings. The molecule has 4 rings (SSSR count). The predicted molar refractivity (Wildman–Crippen MR) is 139 cm³/mol. The minimum absolute atomic E-state index is 0.0202. The molecule has 1 saturated heterocycles. The third-order valence-corrected chi connectivity index (χ3v) is 8.33. The van der Waals surface area contributed by atoms with Gasteiger partial charge in [-0.15, -0.1) is 11.3 Å². The van der Waals surface area contributed by atoms with Crippen LogP contribution in [-0.4, -0.2) is 53.3 Å². The molecule has 3 heterocycles. The van der Waals surface area contributed by atoms with Crippen LogP contribution in [0.2, 0.25) is 0 Å². The molecule has 0 aliphatic carbocycles. The number of benzene rings is 1. The van der Waals surface area contributed by atoms with Gasteiger partial charge in [-0.3, -0.25) is 14.5 Å². The van der Waals surface area contributed by atoms with Gasteiger partial charge in [-0.05, 0) is 62.1 Å². The summed E-state index contributed by atoms with van der Waals surface area (Å²) in [5, 5.41) is 5.28. The fourth-order valence-electron chi connectivity index (χ4n) is 5.74. The van der Waals surface area contributed by atoms with Gasteiger partial charge in [-0.2, -0.15) is 0 Å². The van der Waals surface area contributed by atoms with E-state index in [0.29, 0.717) is 36.7 Å². The first kappa shape index (κ1) is 24.9. The van der Waals surface area contributed by atoms with Gasteiger partial charge in [-0.25, -0.2) is 0 Å². The summed E-state index contributed by atoms with van der Waals surface area (Å²) in [6.45, 7) is 11.2. The lowest BCUT2D eigenvalue weighted by molar-refractivity contribution is -0.124. The first-order valence-corrected chi connectivity index (χ1v) is 13.7. The highest BCUT2D eigenvalue weighted by Crippen LogP contribution is 2.44. The zero-order chi connectivity index (χ0) is 24.2. The second-order valence-electron chi connectivity index (χ2n) is 10.4. The lowest BCUT2D eigenvalue weighted by atomic mass is 9.81. The molecule has 1 aromatic heterocycles. The maximum atomic E-state index is 13.7. The number of carbonyl (C=O) groups is 2. The van der Waals surface area contributed by atoms with Crippen molar-refractivity contribution >= 4 is 23.2 Å². The van der Waals surface area contributed by atoms with Crippen molar-refractivity contribution in [1.29, 1.82) is 0 Å². The standard InChI is InChI=1S/C28H39N3O2S/c1-19(2)18-31-26(24-14-8-17-34-24)25(22-12-5-6-13-23(22)28(31)33)27(32)29-15-9-16-30-20(3)10-7-11-21(30)4/h5-6,8,12-14,17,19-21,25-26H,7,9-11,15-16,18H2,1-4H3,(H,29,32)/t20-,21+,25-,26+/m0/s1. The van der Waals surface area contributed by atoms with E-state index >= 15 is 0 Å². The van der Waals surface area contributed by atoms with Crippen LogP contribution in [0.25, 0.3) is 0 Å². The van der Waals surface area contributed by atoms with Crippen molar-refractivity contribution in [1.82, 2.24) is 15.1 Å². The highest BCUT2D eigenvalue weighted by molar-refractivity contribution is 7.10. The van der Waals surface area contributed by atoms with Gasteiger partial charge in [-0.1, -0.05) is 44.5 Å². The molecule has 4 atom stereocenters. The number of piperidine rings is 1. The Balaban J connectivity index is 1.54. The molecule has 6 heteroatoms. The van der Waals surface area contributed by atoms with Crippen LogP contribution in [0.15, 0.2) is 41.8 Å². The zero-order valence-corrected chi connectivity index (χ0v) is 21.8. The van der Waals surface area contributed by atoms with Crippen molar-refractivity contribution in [2.75, 3.05) is 19.6 Å². The molecule has 184 valence electrons. The van der Waals surface area contributed by atoms with E-state index in [1.165, 1.54) is 19.3 Å². The maximum absolute atomic E-state index is 13.7. The van der Waals surface area contributed by atoms with E-state index in [4.69, 9.17) is 0 Å². The molecule has 1 N–H and O–H groups in total. The van der Waals surface area contributed by atoms with Crippen LogP contribution in [0.1, 0.15) is 86.1 Å². The summed E-state index contributed by atoms with van der Waals surface area (Å²) in [5.74, 6) is -0.0419. The van der Waals surface area contributed by atoms with E-state index in [1.807, 2.05) is 40.6 Å². The number of thiophene rings is 1. The van der Waals surface area contributed by atoms with Crippen LogP contribution < -0.4 is 5.32 Å². The molecule has 1 aromatic carbocycles. The number of fused-ring (bicyclic) bond motifs is 1. The Morgan fingerprint density at radius 3 is 2.53 bits per heavy atom. The molecule has 2 aliphatic heterocycles. The molecule has 0 bridgehead atoms. The molecular weight excluding hydrogens is 442 g/mol. The number of rotatable bonds is 8. The topological polar surface area (TPSA) is 52.7 Å². The molecule has 34 heavy (non-hydrogen) atoms. The summed E-state index contributed by atoms with van der Waals surface area (Å²) in [4.78, 5) is 32.8. The second kappa shape index (κ2) is 11.0. The van der Waals surface area contributed by atoms with E-state index in [9.17, 15) is 9.59 Å². The summed E-state index contributed by atoms with van der Waals surface area (Å²) < 4.78 is 0. The monoisotopic (exact) mass is 481 g/mol. The van der Waals surface area contributed by atoms with Gasteiger partial charge in [0.15, 0.2) is 0 Å². The number of amides is 2. The third kappa shape index (κ3) is 5.23. The first-order valence-electron chi connectivity index (χ1n) is 12.8. The molecule has 2 amide bonds. The Hall–Kier alpha value is -2.18. The van der Waals surface area contributed by atoms with Crippen molar-refractivity contribution in [3.8, 4) is 0 Å². The van der Waals surface area contributed by atoms with E-state index in [2.05, 4.69) is 44.0 Å². The van der Waals surface area contributed by atoms with Gasteiger partial charge >= 0.3 is 0 Å². The lowest BCUT2D eigenvalue weighted by Crippen LogP contribution is -2.48. The molecule has 0 unspecified atom stereocenters. The lowest BCUT2D eigenvalue weighted by Gasteiger charge is -2.42. The predicted octanol–water partition coefficient (Wildman–Crippen LogP) is 5.45. The van der Waals surface area contributed by atoms with Gasteiger partial charge in [0.2, 0.25) is 5.91 Å². The van der Waals surface area contributed by atoms with E-state index in [1.54, 1.807) is 11.3 Å². The Morgan fingerprint density at radius 2 is 1.85 bits per heavy atom. The summed E-state index contributed by atoms with van der Waals surface area (Å²) >= 11 is 1.63. The molecule has 0 radical (unpaired) electrons. The SMILES string of the molecule is CC(C)CN1C(=O)c2ccccc2[C@H](C(=O)NCCCN2[C@H](C)CCC[C@@H]2C)[C@H]1c1cccs1. The van der Waals surface area contributed by atoms with E-state index < -0.39 is 5.92 Å². The van der Waals surface area contributed by atoms with Gasteiger partial charge in [0, 0.05) is 42.2 Å². The van der Waals surface area contributed by atoms with Crippen LogP contribution in [0.5, 0.6) is 0 Å². The van der Waals surface area contributed by atoms with Crippen LogP contribution in [0, 0.1) is 5.92 Å². The Bertz CT molecular complexity index is 964. The van der Waals surface area contributed by atoms with Gasteiger partial charge in [0.25, 0.3) is 5.91 Å². The third-order valence-electron chi connectivity index (χ3n) is 7.39. The molecule has 0 saturated carbocycles. The minimum Gasteiger partial charge on any atom is -0.355 e. The van der Waals surface area contributed by atoms with Crippen molar-refractivity contribution in [2.24, 2.45) is 5.92 Å². The van der Waals surface area contributed by atoms with Gasteiger partial charge < -0.3 is 10.2 Å². The normalized spacial score (nSPS) is 25.4. The number of hydrogen-bond acceptors (Lipinski definition) is 4. The molecule has 1 fully saturated rings. The van der Waals surface area contributed by atoms with Crippen molar-refractivity contribution in [3.63, 3.8) is 0 Å². The molecular formula is C28H39N3O2S. The van der Waals surface area contributed by atoms with Gasteiger partial charge in [0.1, 0.15) is 0 Å². The van der Waals surface area contributed by atoms with E-state index in [0.717, 1.165) is 23.4 Å². The number of likely N-dealkylation sites (tertiary alicyclic amines) is 1. The minimum atomic E-state index is -0.404. The largest absolute Gasteiger partial charge is 0.355 e. The summed E-state index contributed by atoms with van der Waals surface area (Å²) in [7, 11) is 0. The number of carbonyl (C=O) groups excluding carboxylic acids is 2. The van der Waals surface area contributed by atoms with E-state index in [-0.39, 0.29) is 17.9 Å². The van der Waals surface area contributed by atoms with Crippen LogP contribution in [-0.2, 0) is 4.79 Å². The first-order chi connectivity index (χ1) is 16.4. The second-order valence-corrected chi connectivity index (χ2v) is 11.4. The average Bonchev–Trinajstić information content (AvgIpc) is 3.34. The number of nitrogens with one attached hydrogen (secondary N) is 1. The smallest absolute Gasteiger partial charge is 0.254 e. The van der Waals surface area contributed by atoms with Crippen LogP contribution in [0.4, 0.5) is 0 Å². The molecule has 2 aromatic rings.